The number of aromatic nitrogens is 1. The van der Waals surface area contributed by atoms with E-state index in [1.165, 1.54) is 22.2 Å². The second-order valence-corrected chi connectivity index (χ2v) is 4.57. The molecule has 2 heterocycles. The monoisotopic (exact) mass is 220 g/mol. The van der Waals surface area contributed by atoms with Gasteiger partial charge in [0.2, 0.25) is 0 Å². The van der Waals surface area contributed by atoms with Crippen LogP contribution in [0.4, 0.5) is 0 Å². The van der Waals surface area contributed by atoms with Crippen LogP contribution in [-0.4, -0.2) is 11.5 Å². The minimum absolute atomic E-state index is 0.417. The zero-order valence-electron chi connectivity index (χ0n) is 8.60. The number of benzene rings is 1. The van der Waals surface area contributed by atoms with E-state index in [4.69, 9.17) is 11.6 Å². The molecule has 0 saturated heterocycles. The zero-order valence-corrected chi connectivity index (χ0v) is 9.36. The van der Waals surface area contributed by atoms with Gasteiger partial charge in [-0.05, 0) is 43.7 Å². The summed E-state index contributed by atoms with van der Waals surface area (Å²) in [7, 11) is 0. The van der Waals surface area contributed by atoms with E-state index in [2.05, 4.69) is 29.4 Å². The summed E-state index contributed by atoms with van der Waals surface area (Å²) < 4.78 is 0. The smallest absolute Gasteiger partial charge is 0.0460 e. The highest BCUT2D eigenvalue weighted by Gasteiger charge is 2.20. The fourth-order valence-corrected chi connectivity index (χ4v) is 2.57. The number of aromatic amines is 1. The number of H-pyrrole nitrogens is 1. The molecule has 0 aliphatic carbocycles. The van der Waals surface area contributed by atoms with Crippen LogP contribution in [0, 0.1) is 0 Å². The number of fused-ring (bicyclic) bond motifs is 3. The van der Waals surface area contributed by atoms with Crippen molar-refractivity contribution >= 4 is 22.5 Å². The average molecular weight is 221 g/mol. The molecule has 2 aromatic rings. The largest absolute Gasteiger partial charge is 0.357 e. The van der Waals surface area contributed by atoms with Crippen molar-refractivity contribution in [2.24, 2.45) is 0 Å². The van der Waals surface area contributed by atoms with E-state index in [-0.39, 0.29) is 0 Å². The maximum absolute atomic E-state index is 6.02. The van der Waals surface area contributed by atoms with Crippen LogP contribution in [0.5, 0.6) is 0 Å². The third-order valence-corrected chi connectivity index (χ3v) is 3.39. The topological polar surface area (TPSA) is 27.8 Å². The van der Waals surface area contributed by atoms with E-state index in [1.807, 2.05) is 6.07 Å². The van der Waals surface area contributed by atoms with E-state index in [1.54, 1.807) is 0 Å². The molecule has 1 atom stereocenters. The molecule has 78 valence electrons. The molecule has 1 aromatic carbocycles. The molecule has 0 bridgehead atoms. The van der Waals surface area contributed by atoms with Crippen LogP contribution in [0.2, 0.25) is 5.02 Å². The molecule has 0 radical (unpaired) electrons. The molecule has 0 fully saturated rings. The van der Waals surface area contributed by atoms with Gasteiger partial charge in [-0.15, -0.1) is 0 Å². The molecule has 3 heteroatoms. The molecule has 2 N–H and O–H groups in total. The highest BCUT2D eigenvalue weighted by Crippen LogP contribution is 2.31. The molecule has 1 aliphatic rings. The van der Waals surface area contributed by atoms with Crippen molar-refractivity contribution in [1.82, 2.24) is 10.3 Å². The number of halogens is 1. The van der Waals surface area contributed by atoms with E-state index in [0.29, 0.717) is 6.04 Å². The summed E-state index contributed by atoms with van der Waals surface area (Å²) in [6.07, 6.45) is 1.08. The van der Waals surface area contributed by atoms with E-state index >= 15 is 0 Å². The fourth-order valence-electron chi connectivity index (χ4n) is 2.40. The lowest BCUT2D eigenvalue weighted by Crippen LogP contribution is -2.27. The Hall–Kier alpha value is -0.990. The first-order valence-electron chi connectivity index (χ1n) is 5.29. The molecule has 0 spiro atoms. The van der Waals surface area contributed by atoms with Crippen molar-refractivity contribution in [3.63, 3.8) is 0 Å². The van der Waals surface area contributed by atoms with E-state index < -0.39 is 0 Å². The van der Waals surface area contributed by atoms with Crippen LogP contribution in [-0.2, 0) is 6.42 Å². The molecule has 3 rings (SSSR count). The highest BCUT2D eigenvalue weighted by molar-refractivity contribution is 6.31. The summed E-state index contributed by atoms with van der Waals surface area (Å²) in [6.45, 7) is 3.24. The summed E-state index contributed by atoms with van der Waals surface area (Å²) in [5.41, 5.74) is 3.94. The van der Waals surface area contributed by atoms with E-state index in [9.17, 15) is 0 Å². The molecule has 0 saturated carbocycles. The Labute approximate surface area is 93.6 Å². The SMILES string of the molecule is CC1NCCc2c1[nH]c1ccc(Cl)cc21. The van der Waals surface area contributed by atoms with Gasteiger partial charge in [0.15, 0.2) is 0 Å². The van der Waals surface area contributed by atoms with Gasteiger partial charge >= 0.3 is 0 Å². The van der Waals surface area contributed by atoms with Crippen LogP contribution in [0.1, 0.15) is 24.2 Å². The van der Waals surface area contributed by atoms with Gasteiger partial charge in [0, 0.05) is 27.7 Å². The van der Waals surface area contributed by atoms with Gasteiger partial charge in [-0.2, -0.15) is 0 Å². The van der Waals surface area contributed by atoms with Crippen molar-refractivity contribution in [2.45, 2.75) is 19.4 Å². The quantitative estimate of drug-likeness (QED) is 0.702. The molecule has 2 nitrogen and oxygen atoms in total. The summed E-state index contributed by atoms with van der Waals surface area (Å²) in [6, 6.07) is 6.47. The number of hydrogen-bond acceptors (Lipinski definition) is 1. The van der Waals surface area contributed by atoms with Crippen molar-refractivity contribution < 1.29 is 0 Å². The standard InChI is InChI=1S/C12H13ClN2/c1-7-12-9(4-5-14-7)10-6-8(13)2-3-11(10)15-12/h2-3,6-7,14-15H,4-5H2,1H3. The van der Waals surface area contributed by atoms with Gasteiger partial charge in [-0.3, -0.25) is 0 Å². The fraction of sp³-hybridized carbons (Fsp3) is 0.333. The Morgan fingerprint density at radius 1 is 1.40 bits per heavy atom. The first-order valence-corrected chi connectivity index (χ1v) is 5.67. The number of hydrogen-bond donors (Lipinski definition) is 2. The molecular formula is C12H13ClN2. The second kappa shape index (κ2) is 3.26. The maximum Gasteiger partial charge on any atom is 0.0460 e. The minimum Gasteiger partial charge on any atom is -0.357 e. The molecule has 1 aromatic heterocycles. The van der Waals surface area contributed by atoms with Crippen molar-refractivity contribution in [1.29, 1.82) is 0 Å². The second-order valence-electron chi connectivity index (χ2n) is 4.13. The summed E-state index contributed by atoms with van der Waals surface area (Å²) in [4.78, 5) is 3.47. The van der Waals surface area contributed by atoms with Gasteiger partial charge in [0.25, 0.3) is 0 Å². The zero-order chi connectivity index (χ0) is 10.4. The van der Waals surface area contributed by atoms with E-state index in [0.717, 1.165) is 18.0 Å². The predicted octanol–water partition coefficient (Wildman–Crippen LogP) is 3.03. The molecule has 1 aliphatic heterocycles. The van der Waals surface area contributed by atoms with Crippen LogP contribution in [0.25, 0.3) is 10.9 Å². The minimum atomic E-state index is 0.417. The normalized spacial score (nSPS) is 20.5. The number of rotatable bonds is 0. The Morgan fingerprint density at radius 2 is 2.27 bits per heavy atom. The molecule has 1 unspecified atom stereocenters. The van der Waals surface area contributed by atoms with Gasteiger partial charge in [0.05, 0.1) is 0 Å². The maximum atomic E-state index is 6.02. The lowest BCUT2D eigenvalue weighted by atomic mass is 10.0. The van der Waals surface area contributed by atoms with Crippen molar-refractivity contribution in [2.75, 3.05) is 6.54 Å². The van der Waals surface area contributed by atoms with Crippen molar-refractivity contribution in [3.8, 4) is 0 Å². The Morgan fingerprint density at radius 3 is 3.13 bits per heavy atom. The van der Waals surface area contributed by atoms with Crippen LogP contribution < -0.4 is 5.32 Å². The molecule has 15 heavy (non-hydrogen) atoms. The van der Waals surface area contributed by atoms with Crippen molar-refractivity contribution in [3.05, 3.63) is 34.5 Å². The predicted molar refractivity (Wildman–Crippen MR) is 63.4 cm³/mol. The highest BCUT2D eigenvalue weighted by atomic mass is 35.5. The Kier molecular flexibility index (Phi) is 2.01. The van der Waals surface area contributed by atoms with Gasteiger partial charge in [0.1, 0.15) is 0 Å². The first-order chi connectivity index (χ1) is 7.25. The molecular weight excluding hydrogens is 208 g/mol. The third kappa shape index (κ3) is 1.36. The first kappa shape index (κ1) is 9.25. The Bertz CT molecular complexity index is 516. The van der Waals surface area contributed by atoms with Gasteiger partial charge in [-0.25, -0.2) is 0 Å². The van der Waals surface area contributed by atoms with Gasteiger partial charge in [-0.1, -0.05) is 11.6 Å². The summed E-state index contributed by atoms with van der Waals surface area (Å²) in [5, 5.41) is 5.55. The molecule has 0 amide bonds. The van der Waals surface area contributed by atoms with Crippen LogP contribution in [0.15, 0.2) is 18.2 Å². The summed E-state index contributed by atoms with van der Waals surface area (Å²) in [5.74, 6) is 0. The summed E-state index contributed by atoms with van der Waals surface area (Å²) >= 11 is 6.02. The van der Waals surface area contributed by atoms with Crippen LogP contribution >= 0.6 is 11.6 Å². The van der Waals surface area contributed by atoms with Gasteiger partial charge < -0.3 is 10.3 Å². The lowest BCUT2D eigenvalue weighted by molar-refractivity contribution is 0.533. The number of nitrogens with one attached hydrogen (secondary N) is 2. The Balaban J connectivity index is 2.31. The van der Waals surface area contributed by atoms with Crippen LogP contribution in [0.3, 0.4) is 0 Å². The average Bonchev–Trinajstić information content (AvgIpc) is 2.58. The lowest BCUT2D eigenvalue weighted by Gasteiger charge is -2.20. The third-order valence-electron chi connectivity index (χ3n) is 3.16.